The number of carbonyl (C=O) groups excluding carboxylic acids is 1. The molecule has 3 heterocycles. The van der Waals surface area contributed by atoms with E-state index in [0.717, 1.165) is 17.5 Å². The number of nitrogens with zero attached hydrogens (tertiary/aromatic N) is 5. The van der Waals surface area contributed by atoms with Crippen molar-refractivity contribution >= 4 is 5.91 Å². The van der Waals surface area contributed by atoms with Crippen molar-refractivity contribution in [2.75, 3.05) is 13.1 Å². The Morgan fingerprint density at radius 3 is 2.96 bits per heavy atom. The lowest BCUT2D eigenvalue weighted by Crippen LogP contribution is -2.45. The molecule has 1 aliphatic heterocycles. The maximum absolute atomic E-state index is 12.5. The summed E-state index contributed by atoms with van der Waals surface area (Å²) in [5.41, 5.74) is 0.0105. The van der Waals surface area contributed by atoms with Crippen LogP contribution in [0.5, 0.6) is 5.88 Å². The van der Waals surface area contributed by atoms with Crippen molar-refractivity contribution in [1.29, 1.82) is 0 Å². The van der Waals surface area contributed by atoms with Crippen molar-refractivity contribution in [3.05, 3.63) is 46.5 Å². The van der Waals surface area contributed by atoms with Gasteiger partial charge in [-0.1, -0.05) is 0 Å². The maximum atomic E-state index is 12.5. The summed E-state index contributed by atoms with van der Waals surface area (Å²) in [6.07, 6.45) is 3.13. The molecule has 1 saturated heterocycles. The highest BCUT2D eigenvalue weighted by Crippen LogP contribution is 2.17. The van der Waals surface area contributed by atoms with Crippen LogP contribution in [0, 0.1) is 0 Å². The summed E-state index contributed by atoms with van der Waals surface area (Å²) in [5.74, 6) is 0.250. The fourth-order valence-corrected chi connectivity index (χ4v) is 2.52. The number of aryl methyl sites for hydroxylation is 1. The van der Waals surface area contributed by atoms with Gasteiger partial charge in [-0.15, -0.1) is 5.10 Å². The number of piperidine rings is 1. The molecule has 23 heavy (non-hydrogen) atoms. The van der Waals surface area contributed by atoms with E-state index < -0.39 is 0 Å². The van der Waals surface area contributed by atoms with E-state index in [2.05, 4.69) is 15.3 Å². The van der Waals surface area contributed by atoms with Gasteiger partial charge in [0, 0.05) is 31.9 Å². The summed E-state index contributed by atoms with van der Waals surface area (Å²) in [6, 6.07) is 6.29. The summed E-state index contributed by atoms with van der Waals surface area (Å²) in [6.45, 7) is 1.10. The van der Waals surface area contributed by atoms with E-state index in [1.165, 1.54) is 19.2 Å². The second-order valence-corrected chi connectivity index (χ2v) is 5.38. The Morgan fingerprint density at radius 2 is 2.22 bits per heavy atom. The molecule has 0 aliphatic carbocycles. The number of amides is 1. The van der Waals surface area contributed by atoms with Crippen LogP contribution in [-0.4, -0.2) is 50.0 Å². The van der Waals surface area contributed by atoms with E-state index >= 15 is 0 Å². The van der Waals surface area contributed by atoms with Gasteiger partial charge in [-0.2, -0.15) is 10.2 Å². The molecule has 0 radical (unpaired) electrons. The maximum Gasteiger partial charge on any atom is 0.274 e. The number of rotatable bonds is 3. The van der Waals surface area contributed by atoms with Crippen LogP contribution < -0.4 is 10.3 Å². The van der Waals surface area contributed by atoms with Crippen LogP contribution in [0.25, 0.3) is 0 Å². The highest BCUT2D eigenvalue weighted by atomic mass is 16.5. The molecule has 0 spiro atoms. The largest absolute Gasteiger partial charge is 0.471 e. The van der Waals surface area contributed by atoms with E-state index in [9.17, 15) is 9.59 Å². The zero-order valence-corrected chi connectivity index (χ0v) is 12.8. The van der Waals surface area contributed by atoms with Crippen molar-refractivity contribution in [3.63, 3.8) is 0 Å². The third kappa shape index (κ3) is 3.53. The molecule has 120 valence electrons. The Bertz CT molecular complexity index is 746. The minimum atomic E-state index is -0.246. The number of hydrogen-bond donors (Lipinski definition) is 0. The Hall–Kier alpha value is -2.77. The first-order chi connectivity index (χ1) is 11.1. The van der Waals surface area contributed by atoms with Crippen molar-refractivity contribution in [2.45, 2.75) is 18.9 Å². The van der Waals surface area contributed by atoms with Crippen LogP contribution in [0.2, 0.25) is 0 Å². The van der Waals surface area contributed by atoms with E-state index in [0.29, 0.717) is 19.0 Å². The summed E-state index contributed by atoms with van der Waals surface area (Å²) >= 11 is 0. The van der Waals surface area contributed by atoms with Crippen molar-refractivity contribution in [2.24, 2.45) is 7.05 Å². The first kappa shape index (κ1) is 15.1. The predicted octanol–water partition coefficient (Wildman–Crippen LogP) is 0.254. The normalized spacial score (nSPS) is 17.8. The third-order valence-electron chi connectivity index (χ3n) is 3.68. The second-order valence-electron chi connectivity index (χ2n) is 5.38. The Balaban J connectivity index is 1.69. The molecule has 8 heteroatoms. The van der Waals surface area contributed by atoms with Crippen LogP contribution in [0.1, 0.15) is 23.3 Å². The van der Waals surface area contributed by atoms with Gasteiger partial charge in [0.1, 0.15) is 11.8 Å². The molecule has 0 bridgehead atoms. The molecule has 3 rings (SSSR count). The molecule has 1 atom stereocenters. The molecule has 1 amide bonds. The quantitative estimate of drug-likeness (QED) is 0.806. The van der Waals surface area contributed by atoms with Crippen LogP contribution in [0.4, 0.5) is 0 Å². The monoisotopic (exact) mass is 315 g/mol. The van der Waals surface area contributed by atoms with Gasteiger partial charge >= 0.3 is 0 Å². The fraction of sp³-hybridized carbons (Fsp3) is 0.400. The first-order valence-corrected chi connectivity index (χ1v) is 7.41. The lowest BCUT2D eigenvalue weighted by atomic mass is 10.1. The van der Waals surface area contributed by atoms with E-state index in [-0.39, 0.29) is 23.3 Å². The minimum Gasteiger partial charge on any atom is -0.471 e. The molecule has 8 nitrogen and oxygen atoms in total. The molecule has 2 aromatic rings. The topological polar surface area (TPSA) is 90.2 Å². The average molecular weight is 315 g/mol. The first-order valence-electron chi connectivity index (χ1n) is 7.41. The number of carbonyl (C=O) groups is 1. The lowest BCUT2D eigenvalue weighted by molar-refractivity contribution is 0.0518. The van der Waals surface area contributed by atoms with Gasteiger partial charge in [0.15, 0.2) is 0 Å². The fourth-order valence-electron chi connectivity index (χ4n) is 2.52. The van der Waals surface area contributed by atoms with E-state index in [1.54, 1.807) is 23.2 Å². The van der Waals surface area contributed by atoms with Gasteiger partial charge < -0.3 is 9.64 Å². The van der Waals surface area contributed by atoms with Crippen molar-refractivity contribution in [3.8, 4) is 5.88 Å². The Morgan fingerprint density at radius 1 is 1.35 bits per heavy atom. The third-order valence-corrected chi connectivity index (χ3v) is 3.68. The molecule has 0 N–H and O–H groups in total. The zero-order chi connectivity index (χ0) is 16.2. The van der Waals surface area contributed by atoms with Gasteiger partial charge in [0.05, 0.1) is 6.54 Å². The predicted molar refractivity (Wildman–Crippen MR) is 81.1 cm³/mol. The molecule has 2 aromatic heterocycles. The van der Waals surface area contributed by atoms with Gasteiger partial charge in [-0.3, -0.25) is 9.59 Å². The van der Waals surface area contributed by atoms with Crippen LogP contribution in [-0.2, 0) is 7.05 Å². The molecular formula is C15H17N5O3. The lowest BCUT2D eigenvalue weighted by Gasteiger charge is -2.32. The summed E-state index contributed by atoms with van der Waals surface area (Å²) < 4.78 is 6.93. The second kappa shape index (κ2) is 6.55. The molecule has 1 unspecified atom stereocenters. The molecule has 1 fully saturated rings. The number of likely N-dealkylation sites (tertiary alicyclic amines) is 1. The summed E-state index contributed by atoms with van der Waals surface area (Å²) in [7, 11) is 1.52. The molecular weight excluding hydrogens is 298 g/mol. The van der Waals surface area contributed by atoms with E-state index in [1.807, 2.05) is 0 Å². The van der Waals surface area contributed by atoms with Gasteiger partial charge in [-0.25, -0.2) is 4.68 Å². The van der Waals surface area contributed by atoms with Gasteiger partial charge in [-0.05, 0) is 25.0 Å². The van der Waals surface area contributed by atoms with E-state index in [4.69, 9.17) is 4.74 Å². The van der Waals surface area contributed by atoms with Gasteiger partial charge in [0.2, 0.25) is 5.88 Å². The standard InChI is InChI=1S/C15H17N5O3/c1-19-14(21)7-6-12(18-19)15(22)20-9-3-4-11(10-20)23-13-5-2-8-16-17-13/h2,5-8,11H,3-4,9-10H2,1H3. The molecule has 0 saturated carbocycles. The number of hydrogen-bond acceptors (Lipinski definition) is 6. The molecule has 1 aliphatic rings. The van der Waals surface area contributed by atoms with Crippen LogP contribution in [0.15, 0.2) is 35.3 Å². The Labute approximate surface area is 132 Å². The number of aromatic nitrogens is 4. The molecule has 0 aromatic carbocycles. The Kier molecular flexibility index (Phi) is 4.31. The minimum absolute atomic E-state index is 0.128. The van der Waals surface area contributed by atoms with Crippen LogP contribution >= 0.6 is 0 Å². The summed E-state index contributed by atoms with van der Waals surface area (Å²) in [4.78, 5) is 25.6. The average Bonchev–Trinajstić information content (AvgIpc) is 2.58. The van der Waals surface area contributed by atoms with Crippen molar-refractivity contribution in [1.82, 2.24) is 24.9 Å². The highest BCUT2D eigenvalue weighted by Gasteiger charge is 2.27. The van der Waals surface area contributed by atoms with Gasteiger partial charge in [0.25, 0.3) is 11.5 Å². The summed E-state index contributed by atoms with van der Waals surface area (Å²) in [5, 5.41) is 11.7. The zero-order valence-electron chi connectivity index (χ0n) is 12.8. The van der Waals surface area contributed by atoms with Crippen LogP contribution in [0.3, 0.4) is 0 Å². The highest BCUT2D eigenvalue weighted by molar-refractivity contribution is 5.92. The number of ether oxygens (including phenoxy) is 1. The smallest absolute Gasteiger partial charge is 0.274 e. The SMILES string of the molecule is Cn1nc(C(=O)N2CCCC(Oc3cccnn3)C2)ccc1=O. The van der Waals surface area contributed by atoms with Crippen molar-refractivity contribution < 1.29 is 9.53 Å².